The van der Waals surface area contributed by atoms with Crippen LogP contribution in [-0.4, -0.2) is 10.8 Å². The number of hydrogen-bond acceptors (Lipinski definition) is 1. The highest BCUT2D eigenvalue weighted by molar-refractivity contribution is 5.97. The van der Waals surface area contributed by atoms with E-state index in [4.69, 9.17) is 0 Å². The molecule has 0 unspecified atom stereocenters. The lowest BCUT2D eigenvalue weighted by Gasteiger charge is -2.22. The third-order valence-electron chi connectivity index (χ3n) is 4.84. The summed E-state index contributed by atoms with van der Waals surface area (Å²) in [6.45, 7) is 0. The van der Waals surface area contributed by atoms with Crippen molar-refractivity contribution in [2.75, 3.05) is 0 Å². The van der Waals surface area contributed by atoms with E-state index in [9.17, 15) is 4.79 Å². The number of aromatic amines is 1. The standard InChI is InChI=1S/C17H19NO/c19-13-9-15-14-8-12(11-4-2-1-3-5-11)6-7-16(14)18-17(15)10-13/h6-8,11,18H,1-5,9-10H2. The molecule has 0 spiro atoms. The third kappa shape index (κ3) is 1.81. The van der Waals surface area contributed by atoms with Gasteiger partial charge in [0.1, 0.15) is 5.78 Å². The molecule has 1 aromatic heterocycles. The van der Waals surface area contributed by atoms with Crippen LogP contribution in [0.2, 0.25) is 0 Å². The van der Waals surface area contributed by atoms with E-state index < -0.39 is 0 Å². The first-order chi connectivity index (χ1) is 9.31. The Bertz CT molecular complexity index is 647. The van der Waals surface area contributed by atoms with E-state index in [-0.39, 0.29) is 0 Å². The fraction of sp³-hybridized carbons (Fsp3) is 0.471. The van der Waals surface area contributed by atoms with Crippen LogP contribution in [0.5, 0.6) is 0 Å². The number of rotatable bonds is 1. The molecule has 2 nitrogen and oxygen atoms in total. The zero-order valence-corrected chi connectivity index (χ0v) is 11.2. The third-order valence-corrected chi connectivity index (χ3v) is 4.84. The van der Waals surface area contributed by atoms with E-state index in [1.807, 2.05) is 0 Å². The van der Waals surface area contributed by atoms with Gasteiger partial charge < -0.3 is 4.98 Å². The number of benzene rings is 1. The largest absolute Gasteiger partial charge is 0.358 e. The summed E-state index contributed by atoms with van der Waals surface area (Å²) in [5.41, 5.74) is 5.10. The number of hydrogen-bond donors (Lipinski definition) is 1. The lowest BCUT2D eigenvalue weighted by Crippen LogP contribution is -2.04. The smallest absolute Gasteiger partial charge is 0.143 e. The average Bonchev–Trinajstić information content (AvgIpc) is 2.95. The van der Waals surface area contributed by atoms with Crippen LogP contribution in [0, 0.1) is 0 Å². The number of carbonyl (C=O) groups is 1. The lowest BCUT2D eigenvalue weighted by atomic mass is 9.83. The summed E-state index contributed by atoms with van der Waals surface area (Å²) in [7, 11) is 0. The van der Waals surface area contributed by atoms with Crippen molar-refractivity contribution in [3.8, 4) is 0 Å². The van der Waals surface area contributed by atoms with Gasteiger partial charge in [-0.2, -0.15) is 0 Å². The predicted octanol–water partition coefficient (Wildman–Crippen LogP) is 3.88. The quantitative estimate of drug-likeness (QED) is 0.822. The van der Waals surface area contributed by atoms with Crippen LogP contribution >= 0.6 is 0 Å². The van der Waals surface area contributed by atoms with Crippen molar-refractivity contribution < 1.29 is 4.79 Å². The molecule has 0 atom stereocenters. The second-order valence-corrected chi connectivity index (χ2v) is 6.11. The molecule has 1 saturated carbocycles. The Hall–Kier alpha value is -1.57. The zero-order chi connectivity index (χ0) is 12.8. The van der Waals surface area contributed by atoms with Crippen LogP contribution in [-0.2, 0) is 17.6 Å². The molecule has 0 amide bonds. The molecule has 0 saturated heterocycles. The molecular formula is C17H19NO. The Labute approximate surface area is 113 Å². The number of aromatic nitrogens is 1. The summed E-state index contributed by atoms with van der Waals surface area (Å²) in [5.74, 6) is 1.09. The molecule has 0 radical (unpaired) electrons. The minimum Gasteiger partial charge on any atom is -0.358 e. The van der Waals surface area contributed by atoms with Gasteiger partial charge >= 0.3 is 0 Å². The van der Waals surface area contributed by atoms with Crippen molar-refractivity contribution in [1.82, 2.24) is 4.98 Å². The molecule has 1 aromatic carbocycles. The maximum absolute atomic E-state index is 11.6. The number of Topliss-reactive ketones (excluding diaryl/α,β-unsaturated/α-hetero) is 1. The molecule has 1 fully saturated rings. The molecular weight excluding hydrogens is 234 g/mol. The Kier molecular flexibility index (Phi) is 2.51. The van der Waals surface area contributed by atoms with Crippen molar-refractivity contribution in [3.05, 3.63) is 35.0 Å². The SMILES string of the molecule is O=C1Cc2[nH]c3ccc(C4CCCCC4)cc3c2C1. The van der Waals surface area contributed by atoms with Gasteiger partial charge in [0, 0.05) is 29.4 Å². The van der Waals surface area contributed by atoms with Crippen LogP contribution < -0.4 is 0 Å². The molecule has 2 aliphatic carbocycles. The van der Waals surface area contributed by atoms with Gasteiger partial charge in [-0.25, -0.2) is 0 Å². The minimum atomic E-state index is 0.353. The van der Waals surface area contributed by atoms with Gasteiger partial charge in [-0.15, -0.1) is 0 Å². The van der Waals surface area contributed by atoms with Crippen molar-refractivity contribution in [2.45, 2.75) is 50.9 Å². The number of H-pyrrole nitrogens is 1. The second kappa shape index (κ2) is 4.22. The summed E-state index contributed by atoms with van der Waals surface area (Å²) >= 11 is 0. The zero-order valence-electron chi connectivity index (χ0n) is 11.2. The molecule has 98 valence electrons. The van der Waals surface area contributed by atoms with Crippen LogP contribution in [0.15, 0.2) is 18.2 Å². The Balaban J connectivity index is 1.78. The van der Waals surface area contributed by atoms with Crippen LogP contribution in [0.25, 0.3) is 10.9 Å². The summed E-state index contributed by atoms with van der Waals surface area (Å²) in [6, 6.07) is 6.84. The van der Waals surface area contributed by atoms with Gasteiger partial charge in [0.15, 0.2) is 0 Å². The van der Waals surface area contributed by atoms with Crippen LogP contribution in [0.4, 0.5) is 0 Å². The van der Waals surface area contributed by atoms with E-state index in [2.05, 4.69) is 23.2 Å². The maximum Gasteiger partial charge on any atom is 0.143 e. The molecule has 2 heteroatoms. The van der Waals surface area contributed by atoms with Crippen LogP contribution in [0.3, 0.4) is 0 Å². The molecule has 0 bridgehead atoms. The van der Waals surface area contributed by atoms with Gasteiger partial charge in [-0.05, 0) is 42.0 Å². The topological polar surface area (TPSA) is 32.9 Å². The first-order valence-corrected chi connectivity index (χ1v) is 7.46. The summed E-state index contributed by atoms with van der Waals surface area (Å²) < 4.78 is 0. The molecule has 4 rings (SSSR count). The van der Waals surface area contributed by atoms with Gasteiger partial charge in [-0.1, -0.05) is 25.3 Å². The van der Waals surface area contributed by atoms with E-state index in [1.165, 1.54) is 54.1 Å². The molecule has 2 aliphatic rings. The molecule has 1 N–H and O–H groups in total. The molecule has 1 heterocycles. The van der Waals surface area contributed by atoms with E-state index in [0.29, 0.717) is 18.6 Å². The minimum absolute atomic E-state index is 0.353. The fourth-order valence-electron chi connectivity index (χ4n) is 3.82. The van der Waals surface area contributed by atoms with Crippen LogP contribution in [0.1, 0.15) is 54.8 Å². The Morgan fingerprint density at radius 2 is 1.89 bits per heavy atom. The van der Waals surface area contributed by atoms with Crippen molar-refractivity contribution in [2.24, 2.45) is 0 Å². The highest BCUT2D eigenvalue weighted by Gasteiger charge is 2.24. The van der Waals surface area contributed by atoms with Gasteiger partial charge in [0.25, 0.3) is 0 Å². The van der Waals surface area contributed by atoms with Gasteiger partial charge in [0.05, 0.1) is 0 Å². The highest BCUT2D eigenvalue weighted by Crippen LogP contribution is 2.36. The van der Waals surface area contributed by atoms with Gasteiger partial charge in [0.2, 0.25) is 0 Å². The summed E-state index contributed by atoms with van der Waals surface area (Å²) in [4.78, 5) is 15.0. The molecule has 19 heavy (non-hydrogen) atoms. The molecule has 0 aliphatic heterocycles. The van der Waals surface area contributed by atoms with E-state index in [0.717, 1.165) is 11.6 Å². The van der Waals surface area contributed by atoms with Gasteiger partial charge in [-0.3, -0.25) is 4.79 Å². The van der Waals surface area contributed by atoms with Crippen molar-refractivity contribution in [1.29, 1.82) is 0 Å². The second-order valence-electron chi connectivity index (χ2n) is 6.11. The first-order valence-electron chi connectivity index (χ1n) is 7.46. The Morgan fingerprint density at radius 3 is 2.74 bits per heavy atom. The van der Waals surface area contributed by atoms with Crippen molar-refractivity contribution in [3.63, 3.8) is 0 Å². The van der Waals surface area contributed by atoms with Crippen molar-refractivity contribution >= 4 is 16.7 Å². The number of fused-ring (bicyclic) bond motifs is 3. The summed E-state index contributed by atoms with van der Waals surface area (Å²) in [5, 5.41) is 1.30. The average molecular weight is 253 g/mol. The first kappa shape index (κ1) is 11.3. The highest BCUT2D eigenvalue weighted by atomic mass is 16.1. The summed E-state index contributed by atoms with van der Waals surface area (Å²) in [6.07, 6.45) is 8.02. The fourth-order valence-corrected chi connectivity index (χ4v) is 3.82. The normalized spacial score (nSPS) is 20.1. The van der Waals surface area contributed by atoms with E-state index in [1.54, 1.807) is 0 Å². The Morgan fingerprint density at radius 1 is 1.05 bits per heavy atom. The predicted molar refractivity (Wildman–Crippen MR) is 76.5 cm³/mol. The number of nitrogens with one attached hydrogen (secondary N) is 1. The van der Waals surface area contributed by atoms with E-state index >= 15 is 0 Å². The maximum atomic E-state index is 11.6. The number of carbonyl (C=O) groups excluding carboxylic acids is 1. The monoisotopic (exact) mass is 253 g/mol. The molecule has 2 aromatic rings. The number of ketones is 1. The lowest BCUT2D eigenvalue weighted by molar-refractivity contribution is -0.117.